The van der Waals surface area contributed by atoms with E-state index in [-0.39, 0.29) is 29.7 Å². The molecule has 8 nitrogen and oxygen atoms in total. The highest BCUT2D eigenvalue weighted by Gasteiger charge is 2.22. The molecule has 0 unspecified atom stereocenters. The van der Waals surface area contributed by atoms with Crippen molar-refractivity contribution < 1.29 is 14.3 Å². The summed E-state index contributed by atoms with van der Waals surface area (Å²) in [4.78, 5) is 24.8. The van der Waals surface area contributed by atoms with E-state index in [1.807, 2.05) is 18.5 Å². The minimum atomic E-state index is -0.267. The highest BCUT2D eigenvalue weighted by atomic mass is 32.2. The van der Waals surface area contributed by atoms with Gasteiger partial charge in [0.15, 0.2) is 11.0 Å². The summed E-state index contributed by atoms with van der Waals surface area (Å²) in [6.07, 6.45) is 5.74. The Balaban J connectivity index is 1.51. The lowest BCUT2D eigenvalue weighted by molar-refractivity contribution is -0.121. The fraction of sp³-hybridized carbons (Fsp3) is 0.524. The number of carbonyl (C=O) groups excluding carboxylic acids is 2. The van der Waals surface area contributed by atoms with E-state index in [9.17, 15) is 9.59 Å². The molecule has 1 aromatic carbocycles. The molecule has 3 rings (SSSR count). The van der Waals surface area contributed by atoms with E-state index in [0.29, 0.717) is 22.3 Å². The molecule has 1 aliphatic carbocycles. The number of amides is 2. The molecule has 0 radical (unpaired) electrons. The summed E-state index contributed by atoms with van der Waals surface area (Å²) in [5.41, 5.74) is 0.542. The van der Waals surface area contributed by atoms with Gasteiger partial charge >= 0.3 is 0 Å². The fourth-order valence-corrected chi connectivity index (χ4v) is 4.23. The predicted octanol–water partition coefficient (Wildman–Crippen LogP) is 2.68. The summed E-state index contributed by atoms with van der Waals surface area (Å²) in [5, 5.41) is 14.7. The third-order valence-corrected chi connectivity index (χ3v) is 6.42. The summed E-state index contributed by atoms with van der Waals surface area (Å²) in [7, 11) is 3.42. The van der Waals surface area contributed by atoms with Gasteiger partial charge in [-0.05, 0) is 44.0 Å². The van der Waals surface area contributed by atoms with Gasteiger partial charge in [-0.3, -0.25) is 9.59 Å². The van der Waals surface area contributed by atoms with Gasteiger partial charge in [-0.15, -0.1) is 10.2 Å². The molecule has 2 aromatic rings. The van der Waals surface area contributed by atoms with Crippen molar-refractivity contribution in [3.8, 4) is 5.75 Å². The number of ether oxygens (including phenoxy) is 1. The minimum Gasteiger partial charge on any atom is -0.497 e. The first-order chi connectivity index (χ1) is 14.5. The third kappa shape index (κ3) is 5.75. The molecule has 2 N–H and O–H groups in total. The van der Waals surface area contributed by atoms with E-state index in [1.54, 1.807) is 31.4 Å². The van der Waals surface area contributed by atoms with Crippen LogP contribution in [0, 0.1) is 0 Å². The van der Waals surface area contributed by atoms with Crippen LogP contribution < -0.4 is 15.4 Å². The molecule has 1 aliphatic rings. The number of thioether (sulfide) groups is 1. The van der Waals surface area contributed by atoms with Gasteiger partial charge in [-0.2, -0.15) is 0 Å². The van der Waals surface area contributed by atoms with Crippen molar-refractivity contribution in [2.45, 2.75) is 62.0 Å². The second-order valence-electron chi connectivity index (χ2n) is 7.47. The van der Waals surface area contributed by atoms with Crippen LogP contribution in [0.4, 0.5) is 0 Å². The van der Waals surface area contributed by atoms with Crippen LogP contribution in [-0.4, -0.2) is 45.0 Å². The van der Waals surface area contributed by atoms with Crippen LogP contribution in [0.3, 0.4) is 0 Å². The topological polar surface area (TPSA) is 98.1 Å². The molecule has 0 bridgehead atoms. The SMILES string of the molecule is COc1ccc(C(=O)NCc2nnc(S[C@H](C)C(=O)NC3CCCCC3)n2C)cc1. The minimum absolute atomic E-state index is 0.0317. The molecule has 1 aromatic heterocycles. The molecule has 1 heterocycles. The Hall–Kier alpha value is -2.55. The molecule has 0 spiro atoms. The van der Waals surface area contributed by atoms with Gasteiger partial charge in [0.25, 0.3) is 5.91 Å². The zero-order chi connectivity index (χ0) is 21.5. The van der Waals surface area contributed by atoms with Crippen LogP contribution >= 0.6 is 11.8 Å². The average Bonchev–Trinajstić information content (AvgIpc) is 3.12. The van der Waals surface area contributed by atoms with Crippen molar-refractivity contribution in [2.24, 2.45) is 7.05 Å². The molecule has 9 heteroatoms. The van der Waals surface area contributed by atoms with E-state index in [0.717, 1.165) is 12.8 Å². The predicted molar refractivity (Wildman–Crippen MR) is 116 cm³/mol. The Labute approximate surface area is 181 Å². The standard InChI is InChI=1S/C21H29N5O3S/c1-14(19(27)23-16-7-5-4-6-8-16)30-21-25-24-18(26(21)2)13-22-20(28)15-9-11-17(29-3)12-10-15/h9-12,14,16H,4-8,13H2,1-3H3,(H,22,28)(H,23,27)/t14-/m1/s1. The molecule has 162 valence electrons. The Morgan fingerprint density at radius 3 is 2.57 bits per heavy atom. The van der Waals surface area contributed by atoms with Crippen molar-refractivity contribution in [3.05, 3.63) is 35.7 Å². The monoisotopic (exact) mass is 431 g/mol. The lowest BCUT2D eigenvalue weighted by atomic mass is 9.95. The summed E-state index contributed by atoms with van der Waals surface area (Å²) >= 11 is 1.37. The van der Waals surface area contributed by atoms with Gasteiger partial charge in [-0.25, -0.2) is 0 Å². The number of carbonyl (C=O) groups is 2. The number of benzene rings is 1. The van der Waals surface area contributed by atoms with Gasteiger partial charge in [0.1, 0.15) is 5.75 Å². The van der Waals surface area contributed by atoms with Crippen molar-refractivity contribution in [1.82, 2.24) is 25.4 Å². The van der Waals surface area contributed by atoms with Crippen LogP contribution in [0.2, 0.25) is 0 Å². The quantitative estimate of drug-likeness (QED) is 0.624. The number of rotatable bonds is 8. The highest BCUT2D eigenvalue weighted by molar-refractivity contribution is 8.00. The van der Waals surface area contributed by atoms with E-state index < -0.39 is 0 Å². The maximum absolute atomic E-state index is 12.5. The number of aromatic nitrogens is 3. The van der Waals surface area contributed by atoms with Crippen LogP contribution in [0.1, 0.15) is 55.2 Å². The van der Waals surface area contributed by atoms with Gasteiger partial charge in [0.2, 0.25) is 5.91 Å². The van der Waals surface area contributed by atoms with Crippen molar-refractivity contribution in [3.63, 3.8) is 0 Å². The van der Waals surface area contributed by atoms with Gasteiger partial charge < -0.3 is 19.9 Å². The molecule has 30 heavy (non-hydrogen) atoms. The average molecular weight is 432 g/mol. The Kier molecular flexibility index (Phi) is 7.73. The zero-order valence-corrected chi connectivity index (χ0v) is 18.5. The number of nitrogens with zero attached hydrogens (tertiary/aromatic N) is 3. The number of nitrogens with one attached hydrogen (secondary N) is 2. The van der Waals surface area contributed by atoms with Crippen LogP contribution in [0.25, 0.3) is 0 Å². The second-order valence-corrected chi connectivity index (χ2v) is 8.78. The molecular weight excluding hydrogens is 402 g/mol. The number of hydrogen-bond donors (Lipinski definition) is 2. The molecule has 0 aliphatic heterocycles. The number of methoxy groups -OCH3 is 1. The first-order valence-corrected chi connectivity index (χ1v) is 11.1. The molecular formula is C21H29N5O3S. The normalized spacial score (nSPS) is 15.4. The fourth-order valence-electron chi connectivity index (χ4n) is 3.38. The van der Waals surface area contributed by atoms with Crippen LogP contribution in [-0.2, 0) is 18.4 Å². The van der Waals surface area contributed by atoms with E-state index in [4.69, 9.17) is 4.74 Å². The van der Waals surface area contributed by atoms with Crippen LogP contribution in [0.5, 0.6) is 5.75 Å². The smallest absolute Gasteiger partial charge is 0.251 e. The summed E-state index contributed by atoms with van der Waals surface area (Å²) in [6.45, 7) is 2.13. The molecule has 1 atom stereocenters. The molecule has 1 fully saturated rings. The Bertz CT molecular complexity index is 862. The first-order valence-electron chi connectivity index (χ1n) is 10.3. The van der Waals surface area contributed by atoms with Crippen molar-refractivity contribution in [1.29, 1.82) is 0 Å². The zero-order valence-electron chi connectivity index (χ0n) is 17.7. The first kappa shape index (κ1) is 22.1. The van der Waals surface area contributed by atoms with Crippen molar-refractivity contribution in [2.75, 3.05) is 7.11 Å². The van der Waals surface area contributed by atoms with Crippen LogP contribution in [0.15, 0.2) is 29.4 Å². The van der Waals surface area contributed by atoms with Gasteiger partial charge in [0, 0.05) is 18.7 Å². The summed E-state index contributed by atoms with van der Waals surface area (Å²) in [6, 6.07) is 7.19. The van der Waals surface area contributed by atoms with E-state index in [2.05, 4.69) is 20.8 Å². The van der Waals surface area contributed by atoms with Gasteiger partial charge in [0.05, 0.1) is 18.9 Å². The second kappa shape index (κ2) is 10.5. The molecule has 1 saturated carbocycles. The maximum Gasteiger partial charge on any atom is 0.251 e. The maximum atomic E-state index is 12.5. The summed E-state index contributed by atoms with van der Waals surface area (Å²) in [5.74, 6) is 1.15. The van der Waals surface area contributed by atoms with E-state index in [1.165, 1.54) is 31.0 Å². The van der Waals surface area contributed by atoms with Gasteiger partial charge in [-0.1, -0.05) is 31.0 Å². The largest absolute Gasteiger partial charge is 0.497 e. The lowest BCUT2D eigenvalue weighted by Crippen LogP contribution is -2.40. The lowest BCUT2D eigenvalue weighted by Gasteiger charge is -2.24. The van der Waals surface area contributed by atoms with E-state index >= 15 is 0 Å². The summed E-state index contributed by atoms with van der Waals surface area (Å²) < 4.78 is 6.91. The molecule has 0 saturated heterocycles. The van der Waals surface area contributed by atoms with Crippen molar-refractivity contribution >= 4 is 23.6 Å². The molecule has 2 amide bonds. The Morgan fingerprint density at radius 1 is 1.20 bits per heavy atom. The third-order valence-electron chi connectivity index (χ3n) is 5.29. The highest BCUT2D eigenvalue weighted by Crippen LogP contribution is 2.23. The Morgan fingerprint density at radius 2 is 1.90 bits per heavy atom. The number of hydrogen-bond acceptors (Lipinski definition) is 6.